The maximum Gasteiger partial charge on any atom is 0.0993 e. The lowest BCUT2D eigenvalue weighted by atomic mass is 9.77. The number of hydrogen-bond donors (Lipinski definition) is 1. The molecule has 0 spiro atoms. The molecule has 1 aromatic carbocycles. The van der Waals surface area contributed by atoms with Crippen LogP contribution >= 0.6 is 0 Å². The van der Waals surface area contributed by atoms with Crippen molar-refractivity contribution in [3.8, 4) is 0 Å². The summed E-state index contributed by atoms with van der Waals surface area (Å²) in [6.07, 6.45) is 5.16. The van der Waals surface area contributed by atoms with Gasteiger partial charge in [0.05, 0.1) is 17.2 Å². The quantitative estimate of drug-likeness (QED) is 0.799. The Balaban J connectivity index is 2.14. The standard InChI is InChI=1S/C19H18N2O/c1-19(22,16-10-13-20-14-11-16)18(15-7-3-2-4-8-15)17-9-5-6-12-21-17/h2-14,18,22H,1H3/t18-,19+/m0/s1. The zero-order chi connectivity index (χ0) is 15.4. The first-order valence-corrected chi connectivity index (χ1v) is 7.28. The Kier molecular flexibility index (Phi) is 3.98. The van der Waals surface area contributed by atoms with Crippen LogP contribution in [0.4, 0.5) is 0 Å². The molecule has 2 atom stereocenters. The normalized spacial score (nSPS) is 15.0. The second-order valence-electron chi connectivity index (χ2n) is 5.48. The minimum atomic E-state index is -1.08. The number of hydrogen-bond acceptors (Lipinski definition) is 3. The third-order valence-corrected chi connectivity index (χ3v) is 3.94. The highest BCUT2D eigenvalue weighted by molar-refractivity contribution is 5.36. The molecular formula is C19H18N2O. The van der Waals surface area contributed by atoms with Crippen molar-refractivity contribution in [3.63, 3.8) is 0 Å². The van der Waals surface area contributed by atoms with Crippen LogP contribution in [0.3, 0.4) is 0 Å². The lowest BCUT2D eigenvalue weighted by Gasteiger charge is -2.33. The van der Waals surface area contributed by atoms with Crippen molar-refractivity contribution in [3.05, 3.63) is 96.1 Å². The van der Waals surface area contributed by atoms with E-state index in [4.69, 9.17) is 0 Å². The SMILES string of the molecule is C[C@@](O)(c1ccncc1)[C@@H](c1ccccc1)c1ccccn1. The highest BCUT2D eigenvalue weighted by atomic mass is 16.3. The van der Waals surface area contributed by atoms with Crippen LogP contribution in [0, 0.1) is 0 Å². The smallest absolute Gasteiger partial charge is 0.0993 e. The van der Waals surface area contributed by atoms with Crippen LogP contribution in [0.1, 0.15) is 29.7 Å². The van der Waals surface area contributed by atoms with E-state index in [1.165, 1.54) is 0 Å². The second kappa shape index (κ2) is 6.08. The molecule has 1 N–H and O–H groups in total. The van der Waals surface area contributed by atoms with Gasteiger partial charge in [0, 0.05) is 18.6 Å². The highest BCUT2D eigenvalue weighted by Crippen LogP contribution is 2.40. The maximum absolute atomic E-state index is 11.3. The van der Waals surface area contributed by atoms with Crippen molar-refractivity contribution in [1.82, 2.24) is 9.97 Å². The van der Waals surface area contributed by atoms with E-state index < -0.39 is 5.60 Å². The van der Waals surface area contributed by atoms with Crippen LogP contribution in [0.5, 0.6) is 0 Å². The second-order valence-corrected chi connectivity index (χ2v) is 5.48. The van der Waals surface area contributed by atoms with Gasteiger partial charge in [0.25, 0.3) is 0 Å². The molecule has 0 fully saturated rings. The summed E-state index contributed by atoms with van der Waals surface area (Å²) in [6, 6.07) is 19.4. The summed E-state index contributed by atoms with van der Waals surface area (Å²) in [7, 11) is 0. The molecule has 0 saturated heterocycles. The Morgan fingerprint density at radius 1 is 0.864 bits per heavy atom. The summed E-state index contributed by atoms with van der Waals surface area (Å²) in [5, 5.41) is 11.3. The van der Waals surface area contributed by atoms with E-state index in [-0.39, 0.29) is 5.92 Å². The number of benzene rings is 1. The number of aromatic nitrogens is 2. The van der Waals surface area contributed by atoms with Crippen LogP contribution in [-0.4, -0.2) is 15.1 Å². The van der Waals surface area contributed by atoms with Crippen molar-refractivity contribution >= 4 is 0 Å². The fourth-order valence-electron chi connectivity index (χ4n) is 2.83. The molecule has 2 aromatic heterocycles. The van der Waals surface area contributed by atoms with Crippen molar-refractivity contribution < 1.29 is 5.11 Å². The number of rotatable bonds is 4. The number of pyridine rings is 2. The Bertz CT molecular complexity index is 673. The zero-order valence-electron chi connectivity index (χ0n) is 12.4. The van der Waals surface area contributed by atoms with Gasteiger partial charge in [-0.05, 0) is 42.3 Å². The molecule has 0 saturated carbocycles. The average molecular weight is 290 g/mol. The maximum atomic E-state index is 11.3. The summed E-state index contributed by atoms with van der Waals surface area (Å²) in [5.74, 6) is -0.253. The van der Waals surface area contributed by atoms with Crippen LogP contribution < -0.4 is 0 Å². The minimum absolute atomic E-state index is 0.253. The van der Waals surface area contributed by atoms with Crippen molar-refractivity contribution in [2.24, 2.45) is 0 Å². The van der Waals surface area contributed by atoms with Crippen LogP contribution in [0.15, 0.2) is 79.3 Å². The Labute approximate surface area is 130 Å². The molecule has 0 amide bonds. The Morgan fingerprint density at radius 2 is 1.55 bits per heavy atom. The predicted octanol–water partition coefficient (Wildman–Crippen LogP) is 3.52. The molecule has 3 nitrogen and oxygen atoms in total. The Hall–Kier alpha value is -2.52. The fourth-order valence-corrected chi connectivity index (χ4v) is 2.83. The first kappa shape index (κ1) is 14.4. The zero-order valence-corrected chi connectivity index (χ0v) is 12.4. The van der Waals surface area contributed by atoms with Crippen molar-refractivity contribution in [2.45, 2.75) is 18.4 Å². The molecule has 2 heterocycles. The lowest BCUT2D eigenvalue weighted by molar-refractivity contribution is 0.0379. The van der Waals surface area contributed by atoms with Gasteiger partial charge in [0.1, 0.15) is 0 Å². The first-order valence-electron chi connectivity index (χ1n) is 7.28. The highest BCUT2D eigenvalue weighted by Gasteiger charge is 2.36. The van der Waals surface area contributed by atoms with Crippen molar-refractivity contribution in [1.29, 1.82) is 0 Å². The van der Waals surface area contributed by atoms with Crippen LogP contribution in [-0.2, 0) is 5.60 Å². The molecule has 0 aliphatic carbocycles. The van der Waals surface area contributed by atoms with Gasteiger partial charge in [-0.25, -0.2) is 0 Å². The van der Waals surface area contributed by atoms with Gasteiger partial charge < -0.3 is 5.11 Å². The van der Waals surface area contributed by atoms with Gasteiger partial charge in [-0.3, -0.25) is 9.97 Å². The fraction of sp³-hybridized carbons (Fsp3) is 0.158. The third-order valence-electron chi connectivity index (χ3n) is 3.94. The van der Waals surface area contributed by atoms with E-state index in [0.717, 1.165) is 16.8 Å². The summed E-state index contributed by atoms with van der Waals surface area (Å²) >= 11 is 0. The Morgan fingerprint density at radius 3 is 2.18 bits per heavy atom. The molecule has 0 bridgehead atoms. The van der Waals surface area contributed by atoms with Gasteiger partial charge in [0.15, 0.2) is 0 Å². The summed E-state index contributed by atoms with van der Waals surface area (Å²) in [5.41, 5.74) is 1.61. The number of aliphatic hydroxyl groups is 1. The summed E-state index contributed by atoms with van der Waals surface area (Å²) in [4.78, 5) is 8.51. The number of nitrogens with zero attached hydrogens (tertiary/aromatic N) is 2. The molecule has 110 valence electrons. The molecule has 3 heteroatoms. The largest absolute Gasteiger partial charge is 0.384 e. The van der Waals surface area contributed by atoms with E-state index in [0.29, 0.717) is 0 Å². The topological polar surface area (TPSA) is 46.0 Å². The lowest BCUT2D eigenvalue weighted by Crippen LogP contribution is -2.31. The van der Waals surface area contributed by atoms with Crippen LogP contribution in [0.2, 0.25) is 0 Å². The predicted molar refractivity (Wildman–Crippen MR) is 86.3 cm³/mol. The molecular weight excluding hydrogens is 272 g/mol. The molecule has 0 aliphatic rings. The van der Waals surface area contributed by atoms with E-state index >= 15 is 0 Å². The molecule has 3 rings (SSSR count). The molecule has 22 heavy (non-hydrogen) atoms. The molecule has 3 aromatic rings. The van der Waals surface area contributed by atoms with Gasteiger partial charge in [-0.1, -0.05) is 36.4 Å². The summed E-state index contributed by atoms with van der Waals surface area (Å²) in [6.45, 7) is 1.83. The molecule has 0 unspecified atom stereocenters. The third kappa shape index (κ3) is 2.76. The van der Waals surface area contributed by atoms with E-state index in [9.17, 15) is 5.11 Å². The monoisotopic (exact) mass is 290 g/mol. The van der Waals surface area contributed by atoms with Crippen molar-refractivity contribution in [2.75, 3.05) is 0 Å². The van der Waals surface area contributed by atoms with Crippen LogP contribution in [0.25, 0.3) is 0 Å². The minimum Gasteiger partial charge on any atom is -0.384 e. The van der Waals surface area contributed by atoms with E-state index in [2.05, 4.69) is 9.97 Å². The average Bonchev–Trinajstić information content (AvgIpc) is 2.58. The molecule has 0 radical (unpaired) electrons. The molecule has 0 aliphatic heterocycles. The van der Waals surface area contributed by atoms with Gasteiger partial charge in [0.2, 0.25) is 0 Å². The first-order chi connectivity index (χ1) is 10.7. The van der Waals surface area contributed by atoms with Gasteiger partial charge in [-0.2, -0.15) is 0 Å². The summed E-state index contributed by atoms with van der Waals surface area (Å²) < 4.78 is 0. The van der Waals surface area contributed by atoms with Gasteiger partial charge in [-0.15, -0.1) is 0 Å². The van der Waals surface area contributed by atoms with E-state index in [1.807, 2.05) is 67.6 Å². The van der Waals surface area contributed by atoms with E-state index in [1.54, 1.807) is 18.6 Å². The van der Waals surface area contributed by atoms with Gasteiger partial charge >= 0.3 is 0 Å².